The van der Waals surface area contributed by atoms with Gasteiger partial charge in [0.2, 0.25) is 0 Å². The molecule has 1 aliphatic rings. The average molecular weight is 380 g/mol. The number of hydrogen-bond acceptors (Lipinski definition) is 4. The Labute approximate surface area is 154 Å². The number of carbonyl (C=O) groups is 2. The smallest absolute Gasteiger partial charge is 0.426 e. The molecule has 0 spiro atoms. The van der Waals surface area contributed by atoms with Gasteiger partial charge in [0.05, 0.1) is 12.2 Å². The molecule has 2 aromatic carbocycles. The van der Waals surface area contributed by atoms with Crippen LogP contribution < -0.4 is 10.7 Å². The minimum Gasteiger partial charge on any atom is -0.449 e. The Morgan fingerprint density at radius 1 is 1.28 bits per heavy atom. The van der Waals surface area contributed by atoms with Crippen LogP contribution in [-0.2, 0) is 4.74 Å². The summed E-state index contributed by atoms with van der Waals surface area (Å²) in [7, 11) is 0. The Kier molecular flexibility index (Phi) is 5.01. The lowest BCUT2D eigenvalue weighted by atomic mass is 10.0. The van der Waals surface area contributed by atoms with E-state index in [9.17, 15) is 9.59 Å². The van der Waals surface area contributed by atoms with Crippen LogP contribution in [0.4, 0.5) is 10.5 Å². The normalized spacial score (nSPS) is 16.0. The molecular formula is C17H15Cl2N3O3. The second-order valence-electron chi connectivity index (χ2n) is 5.27. The van der Waals surface area contributed by atoms with Crippen LogP contribution in [0.25, 0.3) is 0 Å². The molecule has 0 saturated carbocycles. The van der Waals surface area contributed by atoms with E-state index in [1.54, 1.807) is 43.3 Å². The highest BCUT2D eigenvalue weighted by Gasteiger charge is 2.35. The highest BCUT2D eigenvalue weighted by molar-refractivity contribution is 6.35. The summed E-state index contributed by atoms with van der Waals surface area (Å²) < 4.78 is 4.89. The van der Waals surface area contributed by atoms with Crippen molar-refractivity contribution in [2.45, 2.75) is 13.1 Å². The Morgan fingerprint density at radius 2 is 2.04 bits per heavy atom. The second-order valence-corrected chi connectivity index (χ2v) is 6.11. The Hall–Kier alpha value is -2.44. The number of para-hydroxylation sites is 1. The third-order valence-electron chi connectivity index (χ3n) is 3.67. The van der Waals surface area contributed by atoms with Crippen molar-refractivity contribution < 1.29 is 14.3 Å². The summed E-state index contributed by atoms with van der Waals surface area (Å²) in [5, 5.41) is 5.21. The van der Waals surface area contributed by atoms with E-state index >= 15 is 0 Å². The first-order valence-corrected chi connectivity index (χ1v) is 8.34. The van der Waals surface area contributed by atoms with Gasteiger partial charge in [-0.25, -0.2) is 15.2 Å². The average Bonchev–Trinajstić information content (AvgIpc) is 2.58. The number of benzene rings is 2. The molecule has 0 aromatic heterocycles. The fraction of sp³-hybridized carbons (Fsp3) is 0.176. The van der Waals surface area contributed by atoms with Crippen LogP contribution in [0.5, 0.6) is 0 Å². The lowest BCUT2D eigenvalue weighted by molar-refractivity contribution is 0.0507. The lowest BCUT2D eigenvalue weighted by Gasteiger charge is -2.37. The first-order valence-electron chi connectivity index (χ1n) is 7.58. The van der Waals surface area contributed by atoms with Crippen molar-refractivity contribution in [3.8, 4) is 0 Å². The monoisotopic (exact) mass is 379 g/mol. The number of amides is 2. The van der Waals surface area contributed by atoms with Gasteiger partial charge in [0.15, 0.2) is 0 Å². The van der Waals surface area contributed by atoms with Crippen LogP contribution in [0.15, 0.2) is 42.5 Å². The number of anilines is 1. The number of nitrogens with one attached hydrogen (secondary N) is 2. The van der Waals surface area contributed by atoms with Gasteiger partial charge in [-0.1, -0.05) is 41.4 Å². The summed E-state index contributed by atoms with van der Waals surface area (Å²) in [6.07, 6.45) is -1.44. The minimum absolute atomic E-state index is 0.185. The number of hydrogen-bond donors (Lipinski definition) is 2. The molecule has 0 bridgehead atoms. The molecule has 1 aliphatic heterocycles. The second kappa shape index (κ2) is 7.21. The topological polar surface area (TPSA) is 70.7 Å². The molecule has 0 fully saturated rings. The van der Waals surface area contributed by atoms with E-state index in [4.69, 9.17) is 27.9 Å². The van der Waals surface area contributed by atoms with Gasteiger partial charge in [-0.15, -0.1) is 0 Å². The van der Waals surface area contributed by atoms with Gasteiger partial charge in [0, 0.05) is 21.3 Å². The van der Waals surface area contributed by atoms with E-state index in [2.05, 4.69) is 10.7 Å². The zero-order valence-electron chi connectivity index (χ0n) is 13.3. The third-order valence-corrected chi connectivity index (χ3v) is 4.23. The van der Waals surface area contributed by atoms with Gasteiger partial charge in [0.1, 0.15) is 6.17 Å². The van der Waals surface area contributed by atoms with E-state index in [0.717, 1.165) is 5.01 Å². The molecule has 1 unspecified atom stereocenters. The van der Waals surface area contributed by atoms with Gasteiger partial charge in [-0.3, -0.25) is 4.79 Å². The van der Waals surface area contributed by atoms with Crippen molar-refractivity contribution in [3.63, 3.8) is 0 Å². The number of nitrogens with zero attached hydrogens (tertiary/aromatic N) is 1. The molecule has 2 N–H and O–H groups in total. The minimum atomic E-state index is -0.730. The first kappa shape index (κ1) is 17.4. The fourth-order valence-electron chi connectivity index (χ4n) is 2.57. The largest absolute Gasteiger partial charge is 0.449 e. The predicted molar refractivity (Wildman–Crippen MR) is 95.6 cm³/mol. The molecule has 2 aromatic rings. The van der Waals surface area contributed by atoms with Crippen LogP contribution in [0, 0.1) is 0 Å². The molecule has 25 heavy (non-hydrogen) atoms. The van der Waals surface area contributed by atoms with Gasteiger partial charge >= 0.3 is 6.09 Å². The molecule has 0 radical (unpaired) electrons. The Bertz CT molecular complexity index is 829. The molecule has 1 atom stereocenters. The van der Waals surface area contributed by atoms with Crippen LogP contribution in [0.1, 0.15) is 29.0 Å². The van der Waals surface area contributed by atoms with Gasteiger partial charge < -0.3 is 10.1 Å². The molecule has 0 saturated heterocycles. The Morgan fingerprint density at radius 3 is 2.76 bits per heavy atom. The van der Waals surface area contributed by atoms with Crippen LogP contribution in [0.2, 0.25) is 10.0 Å². The number of ether oxygens (including phenoxy) is 1. The number of halogens is 2. The summed E-state index contributed by atoms with van der Waals surface area (Å²) in [6.45, 7) is 1.86. The number of rotatable bonds is 3. The zero-order chi connectivity index (χ0) is 18.0. The van der Waals surface area contributed by atoms with E-state index in [-0.39, 0.29) is 12.5 Å². The third kappa shape index (κ3) is 3.50. The summed E-state index contributed by atoms with van der Waals surface area (Å²) in [4.78, 5) is 24.7. The predicted octanol–water partition coefficient (Wildman–Crippen LogP) is 4.22. The molecule has 1 heterocycles. The molecule has 0 aliphatic carbocycles. The molecule has 2 amide bonds. The quantitative estimate of drug-likeness (QED) is 0.837. The van der Waals surface area contributed by atoms with Crippen LogP contribution in [-0.4, -0.2) is 23.6 Å². The molecular weight excluding hydrogens is 365 g/mol. The summed E-state index contributed by atoms with van der Waals surface area (Å²) >= 11 is 12.2. The van der Waals surface area contributed by atoms with Crippen molar-refractivity contribution in [1.82, 2.24) is 10.4 Å². The summed E-state index contributed by atoms with van der Waals surface area (Å²) in [5.74, 6) is -0.376. The maximum Gasteiger partial charge on any atom is 0.426 e. The van der Waals surface area contributed by atoms with Gasteiger partial charge in [-0.2, -0.15) is 0 Å². The van der Waals surface area contributed by atoms with E-state index in [1.165, 1.54) is 0 Å². The van der Waals surface area contributed by atoms with E-state index < -0.39 is 12.3 Å². The standard InChI is InChI=1S/C17H15Cl2N3O3/c1-2-25-17(24)21-22-15(11-8-7-10(18)9-13(11)19)20-14-6-4-3-5-12(14)16(22)23/h3-9,15,20H,2H2,1H3,(H,21,24). The summed E-state index contributed by atoms with van der Waals surface area (Å²) in [6, 6.07) is 12.0. The highest BCUT2D eigenvalue weighted by Crippen LogP contribution is 2.35. The van der Waals surface area contributed by atoms with Gasteiger partial charge in [-0.05, 0) is 31.2 Å². The summed E-state index contributed by atoms with van der Waals surface area (Å²) in [5.41, 5.74) is 4.13. The lowest BCUT2D eigenvalue weighted by Crippen LogP contribution is -2.53. The zero-order valence-corrected chi connectivity index (χ0v) is 14.8. The molecule has 3 rings (SSSR count). The van der Waals surface area contributed by atoms with Crippen molar-refractivity contribution in [1.29, 1.82) is 0 Å². The molecule has 6 nitrogen and oxygen atoms in total. The number of hydrazine groups is 1. The maximum atomic E-state index is 12.9. The fourth-order valence-corrected chi connectivity index (χ4v) is 3.08. The SMILES string of the molecule is CCOC(=O)NN1C(=O)c2ccccc2NC1c1ccc(Cl)cc1Cl. The van der Waals surface area contributed by atoms with Gasteiger partial charge in [0.25, 0.3) is 5.91 Å². The van der Waals surface area contributed by atoms with Crippen LogP contribution in [0.3, 0.4) is 0 Å². The first-order chi connectivity index (χ1) is 12.0. The van der Waals surface area contributed by atoms with Crippen molar-refractivity contribution in [3.05, 3.63) is 63.6 Å². The van der Waals surface area contributed by atoms with Crippen molar-refractivity contribution >= 4 is 40.9 Å². The van der Waals surface area contributed by atoms with E-state index in [0.29, 0.717) is 26.9 Å². The van der Waals surface area contributed by atoms with Crippen molar-refractivity contribution in [2.24, 2.45) is 0 Å². The molecule has 130 valence electrons. The number of carbonyl (C=O) groups excluding carboxylic acids is 2. The molecule has 8 heteroatoms. The Balaban J connectivity index is 2.03. The number of fused-ring (bicyclic) bond motifs is 1. The van der Waals surface area contributed by atoms with Crippen LogP contribution >= 0.6 is 23.2 Å². The van der Waals surface area contributed by atoms with E-state index in [1.807, 2.05) is 6.07 Å². The maximum absolute atomic E-state index is 12.9. The highest BCUT2D eigenvalue weighted by atomic mass is 35.5. The van der Waals surface area contributed by atoms with Crippen molar-refractivity contribution in [2.75, 3.05) is 11.9 Å².